The quantitative estimate of drug-likeness (QED) is 0.0261. The maximum absolute atomic E-state index is 12.9. The predicted molar refractivity (Wildman–Crippen MR) is 353 cm³/mol. The Morgan fingerprint density at radius 3 is 0.691 bits per heavy atom. The molecule has 0 bridgehead atoms. The Labute approximate surface area is 504 Å². The molecule has 0 aliphatic heterocycles. The van der Waals surface area contributed by atoms with E-state index >= 15 is 0 Å². The second-order valence-corrected chi connectivity index (χ2v) is 24.1. The minimum absolute atomic E-state index is 0.0727. The fourth-order valence-corrected chi connectivity index (χ4v) is 10.6. The van der Waals surface area contributed by atoms with Crippen LogP contribution in [-0.4, -0.2) is 37.2 Å². The van der Waals surface area contributed by atoms with Crippen molar-refractivity contribution >= 4 is 17.9 Å². The van der Waals surface area contributed by atoms with E-state index in [1.54, 1.807) is 0 Å². The van der Waals surface area contributed by atoms with E-state index in [1.807, 2.05) is 0 Å². The third kappa shape index (κ3) is 67.8. The van der Waals surface area contributed by atoms with Crippen molar-refractivity contribution in [2.24, 2.45) is 0 Å². The summed E-state index contributed by atoms with van der Waals surface area (Å²) in [6.07, 6.45) is 89.7. The number of carbonyl (C=O) groups excluding carboxylic acids is 3. The maximum Gasteiger partial charge on any atom is 0.306 e. The molecule has 0 amide bonds. The molecule has 0 fully saturated rings. The van der Waals surface area contributed by atoms with Crippen molar-refractivity contribution in [1.29, 1.82) is 0 Å². The van der Waals surface area contributed by atoms with Crippen molar-refractivity contribution in [3.05, 3.63) is 60.8 Å². The number of ether oxygens (including phenoxy) is 3. The summed E-state index contributed by atoms with van der Waals surface area (Å²) in [5.74, 6) is -0.857. The Bertz CT molecular complexity index is 1440. The van der Waals surface area contributed by atoms with Gasteiger partial charge in [0.25, 0.3) is 0 Å². The number of hydrogen-bond donors (Lipinski definition) is 0. The smallest absolute Gasteiger partial charge is 0.306 e. The molecule has 1 unspecified atom stereocenters. The van der Waals surface area contributed by atoms with Gasteiger partial charge in [0.2, 0.25) is 0 Å². The van der Waals surface area contributed by atoms with E-state index in [2.05, 4.69) is 81.5 Å². The first-order chi connectivity index (χ1) is 40.0. The van der Waals surface area contributed by atoms with Gasteiger partial charge in [-0.1, -0.05) is 332 Å². The second-order valence-electron chi connectivity index (χ2n) is 24.1. The summed E-state index contributed by atoms with van der Waals surface area (Å²) >= 11 is 0. The Kier molecular flexibility index (Phi) is 67.1. The van der Waals surface area contributed by atoms with Gasteiger partial charge in [0.1, 0.15) is 13.2 Å². The standard InChI is InChI=1S/C75H136O6/c1-4-7-10-13-16-19-22-24-26-28-30-32-34-35-36-37-38-39-41-42-44-46-48-50-53-56-59-62-65-68-74(77)80-71-72(70-79-73(76)67-64-61-58-55-52-21-18-15-12-9-6-3)81-75(78)69-66-63-60-57-54-51-49-47-45-43-40-33-31-29-27-25-23-20-17-14-11-8-5-2/h22-25,28-31,40,43,72H,4-21,26-27,32-39,41-42,44-71H2,1-3H3/b24-22-,25-23-,30-28-,31-29-,43-40-. The first-order valence-electron chi connectivity index (χ1n) is 35.8. The molecule has 0 spiro atoms. The number of allylic oxidation sites excluding steroid dienone is 10. The molecule has 0 saturated carbocycles. The molecule has 0 aliphatic carbocycles. The largest absolute Gasteiger partial charge is 0.462 e. The summed E-state index contributed by atoms with van der Waals surface area (Å²) in [6.45, 7) is 6.66. The zero-order valence-electron chi connectivity index (χ0n) is 54.3. The molecule has 0 heterocycles. The topological polar surface area (TPSA) is 78.9 Å². The average molecular weight is 1130 g/mol. The monoisotopic (exact) mass is 1130 g/mol. The van der Waals surface area contributed by atoms with E-state index in [9.17, 15) is 14.4 Å². The zero-order chi connectivity index (χ0) is 58.5. The van der Waals surface area contributed by atoms with Crippen molar-refractivity contribution in [3.63, 3.8) is 0 Å². The number of hydrogen-bond acceptors (Lipinski definition) is 6. The Morgan fingerprint density at radius 2 is 0.444 bits per heavy atom. The van der Waals surface area contributed by atoms with Crippen LogP contribution in [0.2, 0.25) is 0 Å². The molecule has 1 atom stereocenters. The van der Waals surface area contributed by atoms with Crippen molar-refractivity contribution in [1.82, 2.24) is 0 Å². The number of unbranched alkanes of at least 4 members (excludes halogenated alkanes) is 45. The number of rotatable bonds is 66. The molecule has 0 rings (SSSR count). The van der Waals surface area contributed by atoms with Gasteiger partial charge in [0.15, 0.2) is 6.10 Å². The van der Waals surface area contributed by atoms with Crippen LogP contribution in [0.3, 0.4) is 0 Å². The summed E-state index contributed by atoms with van der Waals surface area (Å²) in [4.78, 5) is 38.4. The first-order valence-corrected chi connectivity index (χ1v) is 35.8. The Morgan fingerprint density at radius 1 is 0.247 bits per heavy atom. The third-order valence-corrected chi connectivity index (χ3v) is 16.0. The lowest BCUT2D eigenvalue weighted by Gasteiger charge is -2.18. The van der Waals surface area contributed by atoms with E-state index < -0.39 is 6.10 Å². The summed E-state index contributed by atoms with van der Waals surface area (Å²) in [7, 11) is 0. The van der Waals surface area contributed by atoms with Crippen LogP contribution in [-0.2, 0) is 28.6 Å². The first kappa shape index (κ1) is 78.1. The average Bonchev–Trinajstić information content (AvgIpc) is 3.47. The van der Waals surface area contributed by atoms with Gasteiger partial charge in [-0.15, -0.1) is 0 Å². The third-order valence-electron chi connectivity index (χ3n) is 16.0. The minimum atomic E-state index is -0.777. The molecule has 0 aromatic rings. The van der Waals surface area contributed by atoms with Crippen LogP contribution in [0.1, 0.15) is 380 Å². The van der Waals surface area contributed by atoms with Crippen molar-refractivity contribution < 1.29 is 28.6 Å². The molecule has 6 heteroatoms. The Hall–Kier alpha value is -2.89. The highest BCUT2D eigenvalue weighted by Gasteiger charge is 2.19. The van der Waals surface area contributed by atoms with E-state index in [0.717, 1.165) is 83.5 Å². The fourth-order valence-electron chi connectivity index (χ4n) is 10.6. The summed E-state index contributed by atoms with van der Waals surface area (Å²) in [5, 5.41) is 0. The van der Waals surface area contributed by atoms with Crippen molar-refractivity contribution in [3.8, 4) is 0 Å². The second kappa shape index (κ2) is 69.6. The maximum atomic E-state index is 12.9. The van der Waals surface area contributed by atoms with Gasteiger partial charge in [-0.25, -0.2) is 0 Å². The summed E-state index contributed by atoms with van der Waals surface area (Å²) in [6, 6.07) is 0. The van der Waals surface area contributed by atoms with E-state index in [4.69, 9.17) is 14.2 Å². The highest BCUT2D eigenvalue weighted by molar-refractivity contribution is 5.71. The van der Waals surface area contributed by atoms with Gasteiger partial charge in [-0.2, -0.15) is 0 Å². The molecule has 81 heavy (non-hydrogen) atoms. The van der Waals surface area contributed by atoms with Crippen LogP contribution in [0.4, 0.5) is 0 Å². The molecule has 472 valence electrons. The van der Waals surface area contributed by atoms with E-state index in [-0.39, 0.29) is 31.1 Å². The van der Waals surface area contributed by atoms with Crippen molar-refractivity contribution in [2.45, 2.75) is 386 Å². The van der Waals surface area contributed by atoms with Crippen LogP contribution in [0.15, 0.2) is 60.8 Å². The zero-order valence-corrected chi connectivity index (χ0v) is 54.3. The number of carbonyl (C=O) groups is 3. The van der Waals surface area contributed by atoms with Gasteiger partial charge < -0.3 is 14.2 Å². The van der Waals surface area contributed by atoms with Gasteiger partial charge in [0, 0.05) is 19.3 Å². The van der Waals surface area contributed by atoms with Gasteiger partial charge in [0.05, 0.1) is 0 Å². The highest BCUT2D eigenvalue weighted by atomic mass is 16.6. The minimum Gasteiger partial charge on any atom is -0.462 e. The predicted octanol–water partition coefficient (Wildman–Crippen LogP) is 24.7. The summed E-state index contributed by atoms with van der Waals surface area (Å²) < 4.78 is 17.0. The lowest BCUT2D eigenvalue weighted by Crippen LogP contribution is -2.30. The van der Waals surface area contributed by atoms with Crippen LogP contribution in [0, 0.1) is 0 Å². The molecule has 0 aromatic heterocycles. The molecule has 0 radical (unpaired) electrons. The van der Waals surface area contributed by atoms with E-state index in [0.29, 0.717) is 19.3 Å². The van der Waals surface area contributed by atoms with Crippen molar-refractivity contribution in [2.75, 3.05) is 13.2 Å². The molecule has 6 nitrogen and oxygen atoms in total. The van der Waals surface area contributed by atoms with Crippen LogP contribution >= 0.6 is 0 Å². The molecule has 0 aliphatic rings. The van der Waals surface area contributed by atoms with Gasteiger partial charge >= 0.3 is 17.9 Å². The molecular weight excluding hydrogens is 997 g/mol. The van der Waals surface area contributed by atoms with E-state index in [1.165, 1.54) is 257 Å². The van der Waals surface area contributed by atoms with Crippen LogP contribution in [0.5, 0.6) is 0 Å². The van der Waals surface area contributed by atoms with Gasteiger partial charge in [-0.3, -0.25) is 14.4 Å². The Balaban J connectivity index is 4.19. The fraction of sp³-hybridized carbons (Fsp3) is 0.827. The summed E-state index contributed by atoms with van der Waals surface area (Å²) in [5.41, 5.74) is 0. The van der Waals surface area contributed by atoms with Crippen LogP contribution < -0.4 is 0 Å². The lowest BCUT2D eigenvalue weighted by atomic mass is 10.0. The van der Waals surface area contributed by atoms with Crippen LogP contribution in [0.25, 0.3) is 0 Å². The molecular formula is C75H136O6. The highest BCUT2D eigenvalue weighted by Crippen LogP contribution is 2.18. The molecule has 0 saturated heterocycles. The SMILES string of the molecule is CCCCCCC/C=C\C/C=C\C/C=C\CCCCCCCCCCC(=O)OC(COC(=O)CCCCCCCCCCCCC)COC(=O)CCCCCCCCCCCCCCCCCCC/C=C\C/C=C\CCCCCCC. The normalized spacial score (nSPS) is 12.4. The lowest BCUT2D eigenvalue weighted by molar-refractivity contribution is -0.167. The number of esters is 3. The molecule has 0 aromatic carbocycles. The molecule has 0 N–H and O–H groups in total. The van der Waals surface area contributed by atoms with Gasteiger partial charge in [-0.05, 0) is 89.9 Å².